The Bertz CT molecular complexity index is 438. The minimum absolute atomic E-state index is 0.353. The van der Waals surface area contributed by atoms with Gasteiger partial charge >= 0.3 is 0 Å². The maximum atomic E-state index is 4.77. The van der Waals surface area contributed by atoms with Crippen LogP contribution in [-0.4, -0.2) is 30.1 Å². The molecule has 0 aromatic carbocycles. The predicted molar refractivity (Wildman–Crippen MR) is 81.0 cm³/mol. The largest absolute Gasteiger partial charge is 0.370 e. The first-order chi connectivity index (χ1) is 9.02. The standard InChI is InChI=1S/C15H26N4/c1-6-16-14-11(4)15(18-13(17-14)10(2)3)19(5)9-12-7-8-12/h10,12H,6-9H2,1-5H3,(H,16,17,18). The van der Waals surface area contributed by atoms with Gasteiger partial charge < -0.3 is 10.2 Å². The molecule has 4 nitrogen and oxygen atoms in total. The van der Waals surface area contributed by atoms with Crippen molar-refractivity contribution < 1.29 is 0 Å². The lowest BCUT2D eigenvalue weighted by molar-refractivity contribution is 0.738. The number of nitrogens with one attached hydrogen (secondary N) is 1. The first-order valence-corrected chi connectivity index (χ1v) is 7.36. The molecule has 0 spiro atoms. The molecule has 1 aromatic rings. The summed E-state index contributed by atoms with van der Waals surface area (Å²) in [5, 5.41) is 3.36. The van der Waals surface area contributed by atoms with Crippen LogP contribution in [-0.2, 0) is 0 Å². The molecule has 2 rings (SSSR count). The van der Waals surface area contributed by atoms with E-state index in [0.717, 1.165) is 42.0 Å². The van der Waals surface area contributed by atoms with Gasteiger partial charge in [-0.3, -0.25) is 0 Å². The van der Waals surface area contributed by atoms with E-state index < -0.39 is 0 Å². The highest BCUT2D eigenvalue weighted by Crippen LogP contribution is 2.32. The quantitative estimate of drug-likeness (QED) is 0.855. The third-order valence-electron chi connectivity index (χ3n) is 3.59. The molecule has 0 amide bonds. The fraction of sp³-hybridized carbons (Fsp3) is 0.733. The van der Waals surface area contributed by atoms with E-state index in [1.165, 1.54) is 12.8 Å². The summed E-state index contributed by atoms with van der Waals surface area (Å²) in [6.45, 7) is 10.5. The van der Waals surface area contributed by atoms with Crippen LogP contribution in [0.3, 0.4) is 0 Å². The molecule has 106 valence electrons. The molecule has 1 fully saturated rings. The van der Waals surface area contributed by atoms with E-state index >= 15 is 0 Å². The van der Waals surface area contributed by atoms with Gasteiger partial charge in [0.2, 0.25) is 0 Å². The molecule has 1 aliphatic carbocycles. The summed E-state index contributed by atoms with van der Waals surface area (Å²) in [5.41, 5.74) is 1.16. The Hall–Kier alpha value is -1.32. The molecular weight excluding hydrogens is 236 g/mol. The Morgan fingerprint density at radius 3 is 2.53 bits per heavy atom. The molecule has 1 aromatic heterocycles. The van der Waals surface area contributed by atoms with Gasteiger partial charge in [-0.25, -0.2) is 9.97 Å². The summed E-state index contributed by atoms with van der Waals surface area (Å²) in [5.74, 6) is 4.22. The Kier molecular flexibility index (Phi) is 4.27. The van der Waals surface area contributed by atoms with Gasteiger partial charge in [0.1, 0.15) is 17.5 Å². The van der Waals surface area contributed by atoms with Crippen LogP contribution in [0.2, 0.25) is 0 Å². The van der Waals surface area contributed by atoms with E-state index in [4.69, 9.17) is 4.98 Å². The van der Waals surface area contributed by atoms with Crippen LogP contribution in [0, 0.1) is 12.8 Å². The van der Waals surface area contributed by atoms with E-state index in [1.54, 1.807) is 0 Å². The minimum atomic E-state index is 0.353. The summed E-state index contributed by atoms with van der Waals surface area (Å²) < 4.78 is 0. The zero-order valence-electron chi connectivity index (χ0n) is 12.8. The number of rotatable bonds is 6. The lowest BCUT2D eigenvalue weighted by Gasteiger charge is -2.23. The second-order valence-electron chi connectivity index (χ2n) is 5.89. The summed E-state index contributed by atoms with van der Waals surface area (Å²) in [6.07, 6.45) is 2.73. The smallest absolute Gasteiger partial charge is 0.137 e. The predicted octanol–water partition coefficient (Wildman–Crippen LogP) is 3.19. The van der Waals surface area contributed by atoms with Crippen LogP contribution in [0.1, 0.15) is 50.9 Å². The first-order valence-electron chi connectivity index (χ1n) is 7.36. The zero-order valence-corrected chi connectivity index (χ0v) is 12.8. The fourth-order valence-electron chi connectivity index (χ4n) is 2.27. The fourth-order valence-corrected chi connectivity index (χ4v) is 2.27. The summed E-state index contributed by atoms with van der Waals surface area (Å²) in [6, 6.07) is 0. The number of aromatic nitrogens is 2. The monoisotopic (exact) mass is 262 g/mol. The van der Waals surface area contributed by atoms with Crippen LogP contribution in [0.5, 0.6) is 0 Å². The summed E-state index contributed by atoms with van der Waals surface area (Å²) in [4.78, 5) is 11.7. The number of hydrogen-bond donors (Lipinski definition) is 1. The molecule has 0 atom stereocenters. The number of nitrogens with zero attached hydrogens (tertiary/aromatic N) is 3. The van der Waals surface area contributed by atoms with E-state index in [-0.39, 0.29) is 0 Å². The molecule has 19 heavy (non-hydrogen) atoms. The minimum Gasteiger partial charge on any atom is -0.370 e. The van der Waals surface area contributed by atoms with Crippen LogP contribution in [0.25, 0.3) is 0 Å². The van der Waals surface area contributed by atoms with E-state index in [0.29, 0.717) is 5.92 Å². The molecule has 0 bridgehead atoms. The topological polar surface area (TPSA) is 41.1 Å². The molecule has 4 heteroatoms. The second-order valence-corrected chi connectivity index (χ2v) is 5.89. The van der Waals surface area contributed by atoms with E-state index in [2.05, 4.69) is 49.9 Å². The number of anilines is 2. The van der Waals surface area contributed by atoms with E-state index in [9.17, 15) is 0 Å². The van der Waals surface area contributed by atoms with E-state index in [1.807, 2.05) is 0 Å². The first kappa shape index (κ1) is 14.1. The van der Waals surface area contributed by atoms with Crippen molar-refractivity contribution in [3.05, 3.63) is 11.4 Å². The van der Waals surface area contributed by atoms with Crippen LogP contribution in [0.4, 0.5) is 11.6 Å². The van der Waals surface area contributed by atoms with Gasteiger partial charge in [0.15, 0.2) is 0 Å². The normalized spacial score (nSPS) is 14.8. The molecule has 0 aliphatic heterocycles. The van der Waals surface area contributed by atoms with Crippen molar-refractivity contribution in [1.29, 1.82) is 0 Å². The van der Waals surface area contributed by atoms with Crippen molar-refractivity contribution in [2.45, 2.75) is 46.5 Å². The highest BCUT2D eigenvalue weighted by atomic mass is 15.2. The van der Waals surface area contributed by atoms with Crippen molar-refractivity contribution in [2.75, 3.05) is 30.4 Å². The van der Waals surface area contributed by atoms with Gasteiger partial charge in [-0.15, -0.1) is 0 Å². The van der Waals surface area contributed by atoms with Crippen molar-refractivity contribution in [2.24, 2.45) is 5.92 Å². The van der Waals surface area contributed by atoms with Crippen molar-refractivity contribution in [3.8, 4) is 0 Å². The van der Waals surface area contributed by atoms with Gasteiger partial charge in [0.25, 0.3) is 0 Å². The highest BCUT2D eigenvalue weighted by Gasteiger charge is 2.25. The summed E-state index contributed by atoms with van der Waals surface area (Å²) in [7, 11) is 2.15. The number of hydrogen-bond acceptors (Lipinski definition) is 4. The molecule has 0 saturated heterocycles. The Morgan fingerprint density at radius 2 is 2.00 bits per heavy atom. The maximum Gasteiger partial charge on any atom is 0.137 e. The average Bonchev–Trinajstić information content (AvgIpc) is 3.15. The molecule has 1 saturated carbocycles. The zero-order chi connectivity index (χ0) is 14.0. The molecule has 1 aliphatic rings. The Morgan fingerprint density at radius 1 is 1.32 bits per heavy atom. The average molecular weight is 262 g/mol. The molecule has 1 N–H and O–H groups in total. The van der Waals surface area contributed by atoms with Crippen LogP contribution >= 0.6 is 0 Å². The van der Waals surface area contributed by atoms with Gasteiger partial charge in [0.05, 0.1) is 0 Å². The maximum absolute atomic E-state index is 4.77. The SMILES string of the molecule is CCNc1nc(C(C)C)nc(N(C)CC2CC2)c1C. The van der Waals surface area contributed by atoms with Crippen molar-refractivity contribution in [3.63, 3.8) is 0 Å². The lowest BCUT2D eigenvalue weighted by Crippen LogP contribution is -2.24. The van der Waals surface area contributed by atoms with Gasteiger partial charge in [0, 0.05) is 31.6 Å². The third kappa shape index (κ3) is 3.37. The van der Waals surface area contributed by atoms with Crippen molar-refractivity contribution >= 4 is 11.6 Å². The van der Waals surface area contributed by atoms with Gasteiger partial charge in [-0.1, -0.05) is 13.8 Å². The summed E-state index contributed by atoms with van der Waals surface area (Å²) >= 11 is 0. The molecule has 0 unspecified atom stereocenters. The molecule has 0 radical (unpaired) electrons. The van der Waals surface area contributed by atoms with Crippen LogP contribution < -0.4 is 10.2 Å². The third-order valence-corrected chi connectivity index (χ3v) is 3.59. The Balaban J connectivity index is 2.32. The van der Waals surface area contributed by atoms with Gasteiger partial charge in [-0.05, 0) is 32.6 Å². The molecular formula is C15H26N4. The van der Waals surface area contributed by atoms with Crippen LogP contribution in [0.15, 0.2) is 0 Å². The highest BCUT2D eigenvalue weighted by molar-refractivity contribution is 5.58. The second kappa shape index (κ2) is 5.76. The van der Waals surface area contributed by atoms with Crippen molar-refractivity contribution in [1.82, 2.24) is 9.97 Å². The molecule has 1 heterocycles. The van der Waals surface area contributed by atoms with Gasteiger partial charge in [-0.2, -0.15) is 0 Å². The Labute approximate surface area is 116 Å². The lowest BCUT2D eigenvalue weighted by atomic mass is 10.2.